The molecule has 132 valence electrons. The highest BCUT2D eigenvalue weighted by Crippen LogP contribution is 2.35. The van der Waals surface area contributed by atoms with Gasteiger partial charge in [-0.25, -0.2) is 8.78 Å². The van der Waals surface area contributed by atoms with Crippen LogP contribution >= 0.6 is 0 Å². The lowest BCUT2D eigenvalue weighted by atomic mass is 9.94. The maximum absolute atomic E-state index is 13.4. The van der Waals surface area contributed by atoms with Crippen LogP contribution in [0.4, 0.5) is 8.78 Å². The van der Waals surface area contributed by atoms with E-state index in [9.17, 15) is 8.78 Å². The van der Waals surface area contributed by atoms with E-state index in [4.69, 9.17) is 9.47 Å². The van der Waals surface area contributed by atoms with E-state index in [0.29, 0.717) is 11.5 Å². The van der Waals surface area contributed by atoms with Crippen molar-refractivity contribution in [2.75, 3.05) is 14.2 Å². The van der Waals surface area contributed by atoms with Crippen LogP contribution in [0.2, 0.25) is 0 Å². The molecule has 0 aliphatic carbocycles. The van der Waals surface area contributed by atoms with Gasteiger partial charge in [-0.1, -0.05) is 24.3 Å². The molecule has 2 nitrogen and oxygen atoms in total. The Hall–Kier alpha value is -3.14. The molecular formula is C22H18F2O2. The first-order valence-corrected chi connectivity index (χ1v) is 8.06. The second kappa shape index (κ2) is 7.83. The van der Waals surface area contributed by atoms with Crippen molar-refractivity contribution in [2.24, 2.45) is 0 Å². The molecule has 0 fully saturated rings. The summed E-state index contributed by atoms with van der Waals surface area (Å²) in [6.07, 6.45) is 1.91. The molecule has 0 saturated carbocycles. The molecule has 4 heteroatoms. The van der Waals surface area contributed by atoms with Crippen LogP contribution < -0.4 is 9.47 Å². The van der Waals surface area contributed by atoms with Crippen molar-refractivity contribution in [3.05, 3.63) is 95.1 Å². The largest absolute Gasteiger partial charge is 0.497 e. The number of halogens is 2. The third-order valence-electron chi connectivity index (χ3n) is 4.03. The first-order chi connectivity index (χ1) is 12.6. The zero-order valence-electron chi connectivity index (χ0n) is 14.5. The fourth-order valence-electron chi connectivity index (χ4n) is 2.70. The molecule has 0 radical (unpaired) electrons. The average Bonchev–Trinajstić information content (AvgIpc) is 2.68. The van der Waals surface area contributed by atoms with E-state index in [0.717, 1.165) is 22.3 Å². The highest BCUT2D eigenvalue weighted by atomic mass is 19.1. The van der Waals surface area contributed by atoms with Gasteiger partial charge < -0.3 is 9.47 Å². The number of hydrogen-bond donors (Lipinski definition) is 0. The topological polar surface area (TPSA) is 18.5 Å². The van der Waals surface area contributed by atoms with Crippen LogP contribution in [0.5, 0.6) is 11.5 Å². The van der Waals surface area contributed by atoms with Crippen molar-refractivity contribution in [1.29, 1.82) is 0 Å². The third kappa shape index (κ3) is 3.91. The van der Waals surface area contributed by atoms with E-state index in [2.05, 4.69) is 0 Å². The lowest BCUT2D eigenvalue weighted by Gasteiger charge is -2.15. The van der Waals surface area contributed by atoms with Gasteiger partial charge in [-0.05, 0) is 65.2 Å². The fourth-order valence-corrected chi connectivity index (χ4v) is 2.70. The highest BCUT2D eigenvalue weighted by Gasteiger charge is 2.13. The van der Waals surface area contributed by atoms with Crippen molar-refractivity contribution >= 4 is 11.6 Å². The molecule has 3 aromatic carbocycles. The summed E-state index contributed by atoms with van der Waals surface area (Å²) in [5.41, 5.74) is 3.23. The molecule has 3 aromatic rings. The molecule has 26 heavy (non-hydrogen) atoms. The van der Waals surface area contributed by atoms with Crippen molar-refractivity contribution in [3.8, 4) is 11.5 Å². The van der Waals surface area contributed by atoms with Gasteiger partial charge in [-0.2, -0.15) is 0 Å². The smallest absolute Gasteiger partial charge is 0.126 e. The van der Waals surface area contributed by atoms with Crippen LogP contribution in [-0.4, -0.2) is 14.2 Å². The molecular weight excluding hydrogens is 334 g/mol. The lowest BCUT2D eigenvalue weighted by molar-refractivity contribution is 0.402. The SMILES string of the molecule is COc1ccc(OC)c(/C(=C\c2ccc(F)cc2)c2ccc(F)cc2)c1. The highest BCUT2D eigenvalue weighted by molar-refractivity contribution is 5.93. The molecule has 3 rings (SSSR count). The van der Waals surface area contributed by atoms with E-state index in [1.165, 1.54) is 24.3 Å². The normalized spacial score (nSPS) is 11.3. The van der Waals surface area contributed by atoms with Crippen molar-refractivity contribution in [1.82, 2.24) is 0 Å². The predicted octanol–water partition coefficient (Wildman–Crippen LogP) is 5.57. The summed E-state index contributed by atoms with van der Waals surface area (Å²) in [6, 6.07) is 17.9. The van der Waals surface area contributed by atoms with E-state index < -0.39 is 0 Å². The Kier molecular flexibility index (Phi) is 5.32. The Bertz CT molecular complexity index is 914. The van der Waals surface area contributed by atoms with E-state index >= 15 is 0 Å². The van der Waals surface area contributed by atoms with Gasteiger partial charge in [-0.3, -0.25) is 0 Å². The van der Waals surface area contributed by atoms with Gasteiger partial charge in [0, 0.05) is 5.56 Å². The molecule has 0 unspecified atom stereocenters. The molecule has 0 aromatic heterocycles. The third-order valence-corrected chi connectivity index (χ3v) is 4.03. The predicted molar refractivity (Wildman–Crippen MR) is 99.3 cm³/mol. The number of hydrogen-bond acceptors (Lipinski definition) is 2. The van der Waals surface area contributed by atoms with Crippen LogP contribution in [0.25, 0.3) is 11.6 Å². The fraction of sp³-hybridized carbons (Fsp3) is 0.0909. The van der Waals surface area contributed by atoms with Crippen LogP contribution in [0, 0.1) is 11.6 Å². The van der Waals surface area contributed by atoms with Gasteiger partial charge >= 0.3 is 0 Å². The Balaban J connectivity index is 2.21. The van der Waals surface area contributed by atoms with E-state index in [1.54, 1.807) is 38.5 Å². The second-order valence-corrected chi connectivity index (χ2v) is 5.68. The maximum Gasteiger partial charge on any atom is 0.126 e. The summed E-state index contributed by atoms with van der Waals surface area (Å²) in [7, 11) is 3.18. The number of methoxy groups -OCH3 is 2. The van der Waals surface area contributed by atoms with Crippen molar-refractivity contribution in [2.45, 2.75) is 0 Å². The minimum atomic E-state index is -0.313. The van der Waals surface area contributed by atoms with Gasteiger partial charge in [0.1, 0.15) is 23.1 Å². The van der Waals surface area contributed by atoms with Crippen LogP contribution in [0.3, 0.4) is 0 Å². The standard InChI is InChI=1S/C22H18F2O2/c1-25-19-11-12-22(26-2)21(14-19)20(16-5-9-18(24)10-6-16)13-15-3-7-17(23)8-4-15/h3-14H,1-2H3/b20-13-. The van der Waals surface area contributed by atoms with E-state index in [1.807, 2.05) is 24.3 Å². The lowest BCUT2D eigenvalue weighted by Crippen LogP contribution is -1.96. The molecule has 0 amide bonds. The van der Waals surface area contributed by atoms with E-state index in [-0.39, 0.29) is 11.6 Å². The molecule has 0 aliphatic rings. The molecule has 0 atom stereocenters. The Morgan fingerprint density at radius 3 is 1.96 bits per heavy atom. The molecule has 0 N–H and O–H groups in total. The van der Waals surface area contributed by atoms with Gasteiger partial charge in [0.25, 0.3) is 0 Å². The first-order valence-electron chi connectivity index (χ1n) is 8.06. The molecule has 0 heterocycles. The second-order valence-electron chi connectivity index (χ2n) is 5.68. The van der Waals surface area contributed by atoms with Crippen LogP contribution in [-0.2, 0) is 0 Å². The van der Waals surface area contributed by atoms with Crippen molar-refractivity contribution in [3.63, 3.8) is 0 Å². The van der Waals surface area contributed by atoms with Crippen LogP contribution in [0.1, 0.15) is 16.7 Å². The zero-order chi connectivity index (χ0) is 18.5. The summed E-state index contributed by atoms with van der Waals surface area (Å²) < 4.78 is 37.4. The quantitative estimate of drug-likeness (QED) is 0.559. The van der Waals surface area contributed by atoms with Gasteiger partial charge in [-0.15, -0.1) is 0 Å². The number of benzene rings is 3. The average molecular weight is 352 g/mol. The van der Waals surface area contributed by atoms with Crippen molar-refractivity contribution < 1.29 is 18.3 Å². The van der Waals surface area contributed by atoms with Gasteiger partial charge in [0.05, 0.1) is 14.2 Å². The summed E-state index contributed by atoms with van der Waals surface area (Å²) in [5.74, 6) is 0.716. The summed E-state index contributed by atoms with van der Waals surface area (Å²) in [4.78, 5) is 0. The summed E-state index contributed by atoms with van der Waals surface area (Å²) >= 11 is 0. The monoisotopic (exact) mass is 352 g/mol. The summed E-state index contributed by atoms with van der Waals surface area (Å²) in [6.45, 7) is 0. The minimum absolute atomic E-state index is 0.301. The Labute approximate surface area is 151 Å². The Morgan fingerprint density at radius 2 is 1.38 bits per heavy atom. The van der Waals surface area contributed by atoms with Crippen LogP contribution in [0.15, 0.2) is 66.7 Å². The minimum Gasteiger partial charge on any atom is -0.497 e. The zero-order valence-corrected chi connectivity index (χ0v) is 14.5. The molecule has 0 spiro atoms. The maximum atomic E-state index is 13.4. The number of rotatable bonds is 5. The first kappa shape index (κ1) is 17.7. The molecule has 0 saturated heterocycles. The Morgan fingerprint density at radius 1 is 0.769 bits per heavy atom. The number of ether oxygens (including phenoxy) is 2. The molecule has 0 bridgehead atoms. The summed E-state index contributed by atoms with van der Waals surface area (Å²) in [5, 5.41) is 0. The van der Waals surface area contributed by atoms with Gasteiger partial charge in [0.15, 0.2) is 0 Å². The molecule has 0 aliphatic heterocycles. The van der Waals surface area contributed by atoms with Gasteiger partial charge in [0.2, 0.25) is 0 Å².